The lowest BCUT2D eigenvalue weighted by atomic mass is 10.2. The highest BCUT2D eigenvalue weighted by molar-refractivity contribution is 6.05. The summed E-state index contributed by atoms with van der Waals surface area (Å²) in [6, 6.07) is 14.0. The van der Waals surface area contributed by atoms with Crippen molar-refractivity contribution in [2.24, 2.45) is 0 Å². The molecule has 0 aromatic heterocycles. The van der Waals surface area contributed by atoms with Crippen LogP contribution in [0.2, 0.25) is 0 Å². The van der Waals surface area contributed by atoms with Gasteiger partial charge in [-0.1, -0.05) is 12.1 Å². The minimum absolute atomic E-state index is 0.0856. The molecule has 2 amide bonds. The molecular formula is C22H27N3O4. The Morgan fingerprint density at radius 2 is 1.69 bits per heavy atom. The fourth-order valence-corrected chi connectivity index (χ4v) is 3.46. The molecule has 1 aliphatic heterocycles. The topological polar surface area (TPSA) is 79.9 Å². The van der Waals surface area contributed by atoms with Gasteiger partial charge >= 0.3 is 0 Å². The average Bonchev–Trinajstić information content (AvgIpc) is 2.68. The zero-order valence-electron chi connectivity index (χ0n) is 17.0. The van der Waals surface area contributed by atoms with Crippen LogP contribution in [0.4, 0.5) is 11.4 Å². The normalized spacial score (nSPS) is 19.4. The fourth-order valence-electron chi connectivity index (χ4n) is 3.46. The molecule has 7 heteroatoms. The standard InChI is InChI=1S/C22H27N3O4/c1-15-12-25(13-16(2)29-15)14-21(26)23-18-10-8-17(9-11-18)22(27)24-19-6-4-5-7-20(19)28-3/h4-11,15-16H,12-14H2,1-3H3,(H,23,26)(H,24,27)/t15-,16-/m1/s1. The van der Waals surface area contributed by atoms with Crippen LogP contribution in [0.15, 0.2) is 48.5 Å². The number of amides is 2. The second-order valence-electron chi connectivity index (χ2n) is 7.23. The zero-order valence-corrected chi connectivity index (χ0v) is 17.0. The Hall–Kier alpha value is -2.90. The van der Waals surface area contributed by atoms with E-state index in [1.54, 1.807) is 43.5 Å². The molecule has 2 atom stereocenters. The minimum atomic E-state index is -0.247. The molecule has 1 fully saturated rings. The first-order chi connectivity index (χ1) is 13.9. The third-order valence-electron chi connectivity index (χ3n) is 4.65. The van der Waals surface area contributed by atoms with Gasteiger partial charge in [-0.05, 0) is 50.2 Å². The SMILES string of the molecule is COc1ccccc1NC(=O)c1ccc(NC(=O)CN2C[C@@H](C)O[C@H](C)C2)cc1. The number of nitrogens with zero attached hydrogens (tertiary/aromatic N) is 1. The van der Waals surface area contributed by atoms with Gasteiger partial charge in [0.15, 0.2) is 0 Å². The van der Waals surface area contributed by atoms with Crippen molar-refractivity contribution < 1.29 is 19.1 Å². The van der Waals surface area contributed by atoms with Crippen molar-refractivity contribution in [2.75, 3.05) is 37.4 Å². The zero-order chi connectivity index (χ0) is 20.8. The molecule has 1 saturated heterocycles. The number of hydrogen-bond acceptors (Lipinski definition) is 5. The van der Waals surface area contributed by atoms with Gasteiger partial charge in [-0.25, -0.2) is 0 Å². The number of morpholine rings is 1. The maximum absolute atomic E-state index is 12.5. The number of ether oxygens (including phenoxy) is 2. The van der Waals surface area contributed by atoms with Crippen molar-refractivity contribution in [1.29, 1.82) is 0 Å². The van der Waals surface area contributed by atoms with Gasteiger partial charge in [-0.2, -0.15) is 0 Å². The lowest BCUT2D eigenvalue weighted by Crippen LogP contribution is -2.48. The largest absolute Gasteiger partial charge is 0.495 e. The van der Waals surface area contributed by atoms with Crippen molar-refractivity contribution in [3.63, 3.8) is 0 Å². The molecule has 0 saturated carbocycles. The Kier molecular flexibility index (Phi) is 6.85. The van der Waals surface area contributed by atoms with Crippen LogP contribution in [0.1, 0.15) is 24.2 Å². The number of carbonyl (C=O) groups is 2. The summed E-state index contributed by atoms with van der Waals surface area (Å²) in [5, 5.41) is 5.71. The number of methoxy groups -OCH3 is 1. The molecule has 1 heterocycles. The van der Waals surface area contributed by atoms with E-state index in [1.165, 1.54) is 0 Å². The van der Waals surface area contributed by atoms with Crippen molar-refractivity contribution in [2.45, 2.75) is 26.1 Å². The summed E-state index contributed by atoms with van der Waals surface area (Å²) in [5.41, 5.74) is 1.74. The first kappa shape index (κ1) is 20.8. The number of anilines is 2. The first-order valence-electron chi connectivity index (χ1n) is 9.66. The number of benzene rings is 2. The van der Waals surface area contributed by atoms with E-state index in [9.17, 15) is 9.59 Å². The molecule has 0 radical (unpaired) electrons. The lowest BCUT2D eigenvalue weighted by Gasteiger charge is -2.34. The van der Waals surface area contributed by atoms with Crippen LogP contribution in [-0.2, 0) is 9.53 Å². The predicted octanol–water partition coefficient (Wildman–Crippen LogP) is 3.00. The fraction of sp³-hybridized carbons (Fsp3) is 0.364. The van der Waals surface area contributed by atoms with E-state index >= 15 is 0 Å². The Morgan fingerprint density at radius 3 is 2.34 bits per heavy atom. The van der Waals surface area contributed by atoms with Gasteiger partial charge in [0.05, 0.1) is 31.5 Å². The summed E-state index contributed by atoms with van der Waals surface area (Å²) in [5.74, 6) is 0.262. The molecule has 3 rings (SSSR count). The van der Waals surface area contributed by atoms with Crippen molar-refractivity contribution in [1.82, 2.24) is 4.90 Å². The Morgan fingerprint density at radius 1 is 1.03 bits per heavy atom. The van der Waals surface area contributed by atoms with E-state index in [0.29, 0.717) is 29.2 Å². The van der Waals surface area contributed by atoms with Crippen LogP contribution in [-0.4, -0.2) is 55.7 Å². The first-order valence-corrected chi connectivity index (χ1v) is 9.66. The van der Waals surface area contributed by atoms with Crippen LogP contribution in [0.3, 0.4) is 0 Å². The van der Waals surface area contributed by atoms with E-state index < -0.39 is 0 Å². The summed E-state index contributed by atoms with van der Waals surface area (Å²) in [7, 11) is 1.56. The molecule has 154 valence electrons. The predicted molar refractivity (Wildman–Crippen MR) is 112 cm³/mol. The monoisotopic (exact) mass is 397 g/mol. The average molecular weight is 397 g/mol. The Bertz CT molecular complexity index is 843. The minimum Gasteiger partial charge on any atom is -0.495 e. The lowest BCUT2D eigenvalue weighted by molar-refractivity contribution is -0.121. The van der Waals surface area contributed by atoms with Crippen LogP contribution in [0, 0.1) is 0 Å². The van der Waals surface area contributed by atoms with E-state index in [1.807, 2.05) is 26.0 Å². The second kappa shape index (κ2) is 9.54. The Balaban J connectivity index is 1.55. The number of carbonyl (C=O) groups excluding carboxylic acids is 2. The molecule has 0 spiro atoms. The molecule has 1 aliphatic rings. The van der Waals surface area contributed by atoms with E-state index in [4.69, 9.17) is 9.47 Å². The number of rotatable bonds is 6. The van der Waals surface area contributed by atoms with Crippen molar-refractivity contribution >= 4 is 23.2 Å². The van der Waals surface area contributed by atoms with Gasteiger partial charge in [-0.15, -0.1) is 0 Å². The molecule has 0 unspecified atom stereocenters. The number of para-hydroxylation sites is 2. The van der Waals surface area contributed by atoms with Gasteiger partial charge in [0.1, 0.15) is 5.75 Å². The van der Waals surface area contributed by atoms with E-state index in [2.05, 4.69) is 15.5 Å². The van der Waals surface area contributed by atoms with Gasteiger partial charge in [0, 0.05) is 24.3 Å². The molecule has 29 heavy (non-hydrogen) atoms. The smallest absolute Gasteiger partial charge is 0.255 e. The van der Waals surface area contributed by atoms with Crippen LogP contribution in [0.5, 0.6) is 5.75 Å². The van der Waals surface area contributed by atoms with Crippen LogP contribution in [0.25, 0.3) is 0 Å². The van der Waals surface area contributed by atoms with Crippen LogP contribution < -0.4 is 15.4 Å². The third kappa shape index (κ3) is 5.79. The summed E-state index contributed by atoms with van der Waals surface area (Å²) in [6.07, 6.45) is 0.236. The van der Waals surface area contributed by atoms with Gasteiger partial charge in [-0.3, -0.25) is 14.5 Å². The Labute approximate surface area is 171 Å². The van der Waals surface area contributed by atoms with Gasteiger partial charge in [0.25, 0.3) is 5.91 Å². The molecule has 2 aromatic rings. The quantitative estimate of drug-likeness (QED) is 0.783. The number of hydrogen-bond donors (Lipinski definition) is 2. The van der Waals surface area contributed by atoms with E-state index in [0.717, 1.165) is 13.1 Å². The molecule has 7 nitrogen and oxygen atoms in total. The highest BCUT2D eigenvalue weighted by atomic mass is 16.5. The van der Waals surface area contributed by atoms with Crippen LogP contribution >= 0.6 is 0 Å². The second-order valence-corrected chi connectivity index (χ2v) is 7.23. The molecule has 0 bridgehead atoms. The molecule has 2 N–H and O–H groups in total. The van der Waals surface area contributed by atoms with Crippen molar-refractivity contribution in [3.8, 4) is 5.75 Å². The molecular weight excluding hydrogens is 370 g/mol. The van der Waals surface area contributed by atoms with Crippen molar-refractivity contribution in [3.05, 3.63) is 54.1 Å². The summed E-state index contributed by atoms with van der Waals surface area (Å²) in [4.78, 5) is 26.9. The highest BCUT2D eigenvalue weighted by Crippen LogP contribution is 2.24. The molecule has 2 aromatic carbocycles. The maximum Gasteiger partial charge on any atom is 0.255 e. The summed E-state index contributed by atoms with van der Waals surface area (Å²) in [6.45, 7) is 5.80. The summed E-state index contributed by atoms with van der Waals surface area (Å²) < 4.78 is 10.9. The third-order valence-corrected chi connectivity index (χ3v) is 4.65. The maximum atomic E-state index is 12.5. The highest BCUT2D eigenvalue weighted by Gasteiger charge is 2.23. The van der Waals surface area contributed by atoms with E-state index in [-0.39, 0.29) is 24.0 Å². The van der Waals surface area contributed by atoms with Gasteiger partial charge < -0.3 is 20.1 Å². The molecule has 0 aliphatic carbocycles. The number of nitrogens with one attached hydrogen (secondary N) is 2. The van der Waals surface area contributed by atoms with Gasteiger partial charge in [0.2, 0.25) is 5.91 Å². The summed E-state index contributed by atoms with van der Waals surface area (Å²) >= 11 is 0.